The summed E-state index contributed by atoms with van der Waals surface area (Å²) in [4.78, 5) is 11.1. The van der Waals surface area contributed by atoms with Crippen LogP contribution < -0.4 is 14.8 Å². The number of fused-ring (bicyclic) bond motifs is 1. The van der Waals surface area contributed by atoms with Gasteiger partial charge in [-0.2, -0.15) is 0 Å². The molecular formula is C15H21NO4. The van der Waals surface area contributed by atoms with E-state index in [2.05, 4.69) is 5.32 Å². The minimum Gasteiger partial charge on any atom is -0.466 e. The van der Waals surface area contributed by atoms with Gasteiger partial charge >= 0.3 is 5.97 Å². The van der Waals surface area contributed by atoms with Gasteiger partial charge in [0.05, 0.1) is 6.61 Å². The fourth-order valence-corrected chi connectivity index (χ4v) is 2.04. The zero-order valence-electron chi connectivity index (χ0n) is 11.8. The van der Waals surface area contributed by atoms with Crippen molar-refractivity contribution in [3.63, 3.8) is 0 Å². The van der Waals surface area contributed by atoms with Crippen molar-refractivity contribution in [3.8, 4) is 11.5 Å². The minimum atomic E-state index is -0.101. The lowest BCUT2D eigenvalue weighted by atomic mass is 10.2. The standard InChI is InChI=1S/C15H21NO4/c1-2-18-15(17)6-4-3-5-9-16-12-7-8-13-14(10-12)20-11-19-13/h7-8,10,16H,2-6,9,11H2,1H3. The molecule has 0 fully saturated rings. The third kappa shape index (κ3) is 4.33. The van der Waals surface area contributed by atoms with Gasteiger partial charge in [0, 0.05) is 24.7 Å². The fourth-order valence-electron chi connectivity index (χ4n) is 2.04. The van der Waals surface area contributed by atoms with E-state index in [0.717, 1.165) is 43.0 Å². The van der Waals surface area contributed by atoms with Gasteiger partial charge in [-0.05, 0) is 31.9 Å². The highest BCUT2D eigenvalue weighted by Gasteiger charge is 2.12. The van der Waals surface area contributed by atoms with Crippen LogP contribution in [-0.4, -0.2) is 25.9 Å². The molecule has 1 aromatic carbocycles. The maximum atomic E-state index is 11.1. The van der Waals surface area contributed by atoms with Crippen molar-refractivity contribution in [2.24, 2.45) is 0 Å². The summed E-state index contributed by atoms with van der Waals surface area (Å²) in [5, 5.41) is 3.34. The number of unbranched alkanes of at least 4 members (excludes halogenated alkanes) is 2. The second-order valence-corrected chi connectivity index (χ2v) is 4.61. The summed E-state index contributed by atoms with van der Waals surface area (Å²) in [7, 11) is 0. The predicted molar refractivity (Wildman–Crippen MR) is 76.2 cm³/mol. The average Bonchev–Trinajstić information content (AvgIpc) is 2.90. The van der Waals surface area contributed by atoms with Gasteiger partial charge in [-0.3, -0.25) is 4.79 Å². The first-order chi connectivity index (χ1) is 9.79. The topological polar surface area (TPSA) is 56.8 Å². The second kappa shape index (κ2) is 7.62. The van der Waals surface area contributed by atoms with E-state index in [-0.39, 0.29) is 5.97 Å². The number of benzene rings is 1. The third-order valence-electron chi connectivity index (χ3n) is 3.06. The quantitative estimate of drug-likeness (QED) is 0.585. The lowest BCUT2D eigenvalue weighted by Crippen LogP contribution is -2.05. The minimum absolute atomic E-state index is 0.101. The Kier molecular flexibility index (Phi) is 5.53. The number of carbonyl (C=O) groups is 1. The summed E-state index contributed by atoms with van der Waals surface area (Å²) in [6.45, 7) is 3.47. The maximum Gasteiger partial charge on any atom is 0.305 e. The number of carbonyl (C=O) groups excluding carboxylic acids is 1. The van der Waals surface area contributed by atoms with Gasteiger partial charge in [0.15, 0.2) is 11.5 Å². The molecule has 0 unspecified atom stereocenters. The molecule has 0 bridgehead atoms. The van der Waals surface area contributed by atoms with Crippen LogP contribution in [0.1, 0.15) is 32.6 Å². The van der Waals surface area contributed by atoms with E-state index in [1.807, 2.05) is 25.1 Å². The fraction of sp³-hybridized carbons (Fsp3) is 0.533. The summed E-state index contributed by atoms with van der Waals surface area (Å²) in [6, 6.07) is 5.83. The molecule has 0 amide bonds. The predicted octanol–water partition coefficient (Wildman–Crippen LogP) is 2.95. The van der Waals surface area contributed by atoms with Crippen molar-refractivity contribution < 1.29 is 19.0 Å². The summed E-state index contributed by atoms with van der Waals surface area (Å²) in [5.74, 6) is 1.48. The molecule has 1 aromatic rings. The molecule has 1 heterocycles. The van der Waals surface area contributed by atoms with E-state index < -0.39 is 0 Å². The number of anilines is 1. The Morgan fingerprint density at radius 1 is 1.25 bits per heavy atom. The first-order valence-electron chi connectivity index (χ1n) is 7.08. The Labute approximate surface area is 119 Å². The van der Waals surface area contributed by atoms with Crippen molar-refractivity contribution in [2.75, 3.05) is 25.3 Å². The van der Waals surface area contributed by atoms with Gasteiger partial charge < -0.3 is 19.5 Å². The van der Waals surface area contributed by atoms with Crippen LogP contribution in [0.25, 0.3) is 0 Å². The zero-order chi connectivity index (χ0) is 14.2. The number of esters is 1. The molecule has 1 aliphatic rings. The first-order valence-corrected chi connectivity index (χ1v) is 7.08. The smallest absolute Gasteiger partial charge is 0.305 e. The summed E-state index contributed by atoms with van der Waals surface area (Å²) >= 11 is 0. The molecule has 5 nitrogen and oxygen atoms in total. The summed E-state index contributed by atoms with van der Waals surface area (Å²) < 4.78 is 15.5. The molecule has 5 heteroatoms. The second-order valence-electron chi connectivity index (χ2n) is 4.61. The lowest BCUT2D eigenvalue weighted by molar-refractivity contribution is -0.143. The van der Waals surface area contributed by atoms with E-state index in [1.54, 1.807) is 0 Å². The highest BCUT2D eigenvalue weighted by molar-refractivity contribution is 5.69. The van der Waals surface area contributed by atoms with E-state index >= 15 is 0 Å². The molecule has 0 atom stereocenters. The van der Waals surface area contributed by atoms with Crippen LogP contribution in [0.2, 0.25) is 0 Å². The number of hydrogen-bond acceptors (Lipinski definition) is 5. The molecule has 0 saturated carbocycles. The third-order valence-corrected chi connectivity index (χ3v) is 3.06. The zero-order valence-corrected chi connectivity index (χ0v) is 11.8. The highest BCUT2D eigenvalue weighted by Crippen LogP contribution is 2.34. The molecule has 0 radical (unpaired) electrons. The SMILES string of the molecule is CCOC(=O)CCCCCNc1ccc2c(c1)OCO2. The van der Waals surface area contributed by atoms with Crippen molar-refractivity contribution >= 4 is 11.7 Å². The molecule has 2 rings (SSSR count). The Balaban J connectivity index is 1.58. The Morgan fingerprint density at radius 2 is 2.10 bits per heavy atom. The van der Waals surface area contributed by atoms with E-state index in [9.17, 15) is 4.79 Å². The molecular weight excluding hydrogens is 258 g/mol. The molecule has 1 aliphatic heterocycles. The molecule has 0 spiro atoms. The van der Waals surface area contributed by atoms with Crippen molar-refractivity contribution in [1.29, 1.82) is 0 Å². The molecule has 0 aromatic heterocycles. The first kappa shape index (κ1) is 14.5. The van der Waals surface area contributed by atoms with Gasteiger partial charge in [0.1, 0.15) is 0 Å². The van der Waals surface area contributed by atoms with Crippen molar-refractivity contribution in [1.82, 2.24) is 0 Å². The Bertz CT molecular complexity index is 447. The molecule has 0 aliphatic carbocycles. The van der Waals surface area contributed by atoms with Gasteiger partial charge in [0.2, 0.25) is 6.79 Å². The maximum absolute atomic E-state index is 11.1. The number of hydrogen-bond donors (Lipinski definition) is 1. The van der Waals surface area contributed by atoms with Crippen LogP contribution >= 0.6 is 0 Å². The van der Waals surface area contributed by atoms with E-state index in [1.165, 1.54) is 0 Å². The monoisotopic (exact) mass is 279 g/mol. The number of nitrogens with one attached hydrogen (secondary N) is 1. The van der Waals surface area contributed by atoms with Crippen LogP contribution in [0.4, 0.5) is 5.69 Å². The van der Waals surface area contributed by atoms with Gasteiger partial charge in [0.25, 0.3) is 0 Å². The molecule has 20 heavy (non-hydrogen) atoms. The van der Waals surface area contributed by atoms with Crippen molar-refractivity contribution in [2.45, 2.75) is 32.6 Å². The number of ether oxygens (including phenoxy) is 3. The average molecular weight is 279 g/mol. The molecule has 110 valence electrons. The highest BCUT2D eigenvalue weighted by atomic mass is 16.7. The van der Waals surface area contributed by atoms with Gasteiger partial charge in [-0.15, -0.1) is 0 Å². The van der Waals surface area contributed by atoms with E-state index in [0.29, 0.717) is 19.8 Å². The summed E-state index contributed by atoms with van der Waals surface area (Å²) in [5.41, 5.74) is 1.03. The van der Waals surface area contributed by atoms with Crippen LogP contribution in [0.3, 0.4) is 0 Å². The van der Waals surface area contributed by atoms with Crippen LogP contribution in [0, 0.1) is 0 Å². The summed E-state index contributed by atoms with van der Waals surface area (Å²) in [6.07, 6.45) is 3.42. The van der Waals surface area contributed by atoms with Crippen molar-refractivity contribution in [3.05, 3.63) is 18.2 Å². The van der Waals surface area contributed by atoms with Crippen LogP contribution in [-0.2, 0) is 9.53 Å². The molecule has 1 N–H and O–H groups in total. The van der Waals surface area contributed by atoms with Crippen LogP contribution in [0.15, 0.2) is 18.2 Å². The van der Waals surface area contributed by atoms with Gasteiger partial charge in [-0.25, -0.2) is 0 Å². The normalized spacial score (nSPS) is 12.2. The van der Waals surface area contributed by atoms with Crippen LogP contribution in [0.5, 0.6) is 11.5 Å². The largest absolute Gasteiger partial charge is 0.466 e. The lowest BCUT2D eigenvalue weighted by Gasteiger charge is -2.07. The number of rotatable bonds is 8. The molecule has 0 saturated heterocycles. The van der Waals surface area contributed by atoms with E-state index in [4.69, 9.17) is 14.2 Å². The Hall–Kier alpha value is -1.91. The Morgan fingerprint density at radius 3 is 2.95 bits per heavy atom. The van der Waals surface area contributed by atoms with Gasteiger partial charge in [-0.1, -0.05) is 6.42 Å².